The first-order valence-electron chi connectivity index (χ1n) is 7.22. The van der Waals surface area contributed by atoms with E-state index in [0.717, 1.165) is 25.3 Å². The molecule has 3 rings (SSSR count). The lowest BCUT2D eigenvalue weighted by Gasteiger charge is -2.24. The molecule has 1 aromatic carbocycles. The molecule has 1 heterocycles. The highest BCUT2D eigenvalue weighted by molar-refractivity contribution is 5.98. The average molecular weight is 291 g/mol. The van der Waals surface area contributed by atoms with Gasteiger partial charge in [-0.1, -0.05) is 0 Å². The van der Waals surface area contributed by atoms with Crippen LogP contribution in [0.1, 0.15) is 36.0 Å². The minimum atomic E-state index is -0.645. The Hall–Kier alpha value is -2.11. The Morgan fingerprint density at radius 2 is 2.05 bits per heavy atom. The molecule has 2 aliphatic rings. The van der Waals surface area contributed by atoms with Gasteiger partial charge in [-0.15, -0.1) is 0 Å². The molecule has 112 valence electrons. The number of nitrogen functional groups attached to an aromatic ring is 1. The molecule has 1 saturated heterocycles. The molecule has 1 unspecified atom stereocenters. The monoisotopic (exact) mass is 291 g/mol. The van der Waals surface area contributed by atoms with Crippen molar-refractivity contribution >= 4 is 17.5 Å². The van der Waals surface area contributed by atoms with Crippen LogP contribution in [0.3, 0.4) is 0 Å². The molecule has 1 aliphatic carbocycles. The van der Waals surface area contributed by atoms with E-state index < -0.39 is 17.8 Å². The molecule has 1 atom stereocenters. The van der Waals surface area contributed by atoms with Gasteiger partial charge >= 0.3 is 0 Å². The molecule has 1 aromatic rings. The van der Waals surface area contributed by atoms with Crippen LogP contribution >= 0.6 is 0 Å². The van der Waals surface area contributed by atoms with E-state index in [9.17, 15) is 14.0 Å². The van der Waals surface area contributed by atoms with Gasteiger partial charge in [0.15, 0.2) is 0 Å². The van der Waals surface area contributed by atoms with Crippen molar-refractivity contribution in [3.63, 3.8) is 0 Å². The number of carbonyl (C=O) groups excluding carboxylic acids is 2. The minimum Gasteiger partial charge on any atom is -0.399 e. The van der Waals surface area contributed by atoms with Crippen LogP contribution in [0.4, 0.5) is 10.1 Å². The zero-order valence-electron chi connectivity index (χ0n) is 11.6. The number of anilines is 1. The molecular formula is C15H18FN3O2. The molecule has 0 bridgehead atoms. The fraction of sp³-hybridized carbons (Fsp3) is 0.467. The lowest BCUT2D eigenvalue weighted by molar-refractivity contribution is -0.125. The quantitative estimate of drug-likeness (QED) is 0.824. The van der Waals surface area contributed by atoms with Crippen LogP contribution in [0.15, 0.2) is 18.2 Å². The van der Waals surface area contributed by atoms with Gasteiger partial charge in [0.05, 0.1) is 5.56 Å². The van der Waals surface area contributed by atoms with Gasteiger partial charge in [-0.2, -0.15) is 0 Å². The van der Waals surface area contributed by atoms with Crippen LogP contribution in [0.2, 0.25) is 0 Å². The van der Waals surface area contributed by atoms with Gasteiger partial charge in [0.25, 0.3) is 5.91 Å². The molecule has 2 amide bonds. The summed E-state index contributed by atoms with van der Waals surface area (Å²) < 4.78 is 13.9. The van der Waals surface area contributed by atoms with Crippen molar-refractivity contribution < 1.29 is 14.0 Å². The van der Waals surface area contributed by atoms with Crippen LogP contribution in [0, 0.1) is 5.82 Å². The summed E-state index contributed by atoms with van der Waals surface area (Å²) in [7, 11) is 0. The highest BCUT2D eigenvalue weighted by Crippen LogP contribution is 2.24. The fourth-order valence-corrected chi connectivity index (χ4v) is 2.67. The maximum atomic E-state index is 13.9. The second-order valence-corrected chi connectivity index (χ2v) is 5.68. The predicted octanol–water partition coefficient (Wildman–Crippen LogP) is 1.29. The van der Waals surface area contributed by atoms with Gasteiger partial charge in [0.1, 0.15) is 11.9 Å². The van der Waals surface area contributed by atoms with E-state index in [0.29, 0.717) is 13.0 Å². The Bertz CT molecular complexity index is 586. The third-order valence-corrected chi connectivity index (χ3v) is 3.96. The summed E-state index contributed by atoms with van der Waals surface area (Å²) in [4.78, 5) is 26.1. The first-order valence-corrected chi connectivity index (χ1v) is 7.22. The number of nitrogens with zero attached hydrogens (tertiary/aromatic N) is 1. The van der Waals surface area contributed by atoms with Gasteiger partial charge in [0, 0.05) is 18.3 Å². The second-order valence-electron chi connectivity index (χ2n) is 5.68. The highest BCUT2D eigenvalue weighted by Gasteiger charge is 2.37. The van der Waals surface area contributed by atoms with Crippen molar-refractivity contribution in [1.29, 1.82) is 0 Å². The Morgan fingerprint density at radius 3 is 2.71 bits per heavy atom. The number of rotatable bonds is 3. The number of benzene rings is 1. The average Bonchev–Trinajstić information content (AvgIpc) is 3.11. The van der Waals surface area contributed by atoms with E-state index in [-0.39, 0.29) is 23.2 Å². The van der Waals surface area contributed by atoms with E-state index in [2.05, 4.69) is 5.32 Å². The predicted molar refractivity (Wildman–Crippen MR) is 76.0 cm³/mol. The van der Waals surface area contributed by atoms with Crippen LogP contribution in [-0.2, 0) is 4.79 Å². The summed E-state index contributed by atoms with van der Waals surface area (Å²) in [6.45, 7) is 0.478. The number of nitrogens with one attached hydrogen (secondary N) is 1. The lowest BCUT2D eigenvalue weighted by atomic mass is 10.1. The lowest BCUT2D eigenvalue weighted by Crippen LogP contribution is -2.46. The third-order valence-electron chi connectivity index (χ3n) is 3.96. The van der Waals surface area contributed by atoms with E-state index in [1.165, 1.54) is 17.0 Å². The molecule has 1 aliphatic heterocycles. The number of likely N-dealkylation sites (tertiary alicyclic amines) is 1. The van der Waals surface area contributed by atoms with Gasteiger partial charge < -0.3 is 16.0 Å². The first kappa shape index (κ1) is 13.9. The van der Waals surface area contributed by atoms with Crippen molar-refractivity contribution in [2.45, 2.75) is 37.8 Å². The van der Waals surface area contributed by atoms with E-state index in [4.69, 9.17) is 5.73 Å². The largest absolute Gasteiger partial charge is 0.399 e. The van der Waals surface area contributed by atoms with Crippen LogP contribution in [-0.4, -0.2) is 35.3 Å². The Balaban J connectivity index is 1.77. The highest BCUT2D eigenvalue weighted by atomic mass is 19.1. The van der Waals surface area contributed by atoms with Gasteiger partial charge in [-0.05, 0) is 43.9 Å². The maximum Gasteiger partial charge on any atom is 0.257 e. The Morgan fingerprint density at radius 1 is 1.29 bits per heavy atom. The molecule has 1 saturated carbocycles. The first-order chi connectivity index (χ1) is 10.1. The molecule has 0 spiro atoms. The Kier molecular flexibility index (Phi) is 3.53. The molecule has 6 heteroatoms. The SMILES string of the molecule is Nc1ccc(C(=O)N2CCCC2C(=O)NC2CC2)c(F)c1. The molecule has 0 radical (unpaired) electrons. The zero-order chi connectivity index (χ0) is 15.0. The van der Waals surface area contributed by atoms with Crippen molar-refractivity contribution in [2.24, 2.45) is 0 Å². The third kappa shape index (κ3) is 2.84. The second kappa shape index (κ2) is 5.35. The summed E-state index contributed by atoms with van der Waals surface area (Å²) in [5.74, 6) is -1.21. The minimum absolute atomic E-state index is 0.0321. The number of halogens is 1. The normalized spacial score (nSPS) is 21.4. The van der Waals surface area contributed by atoms with Gasteiger partial charge in [0.2, 0.25) is 5.91 Å². The van der Waals surface area contributed by atoms with Crippen LogP contribution in [0.25, 0.3) is 0 Å². The smallest absolute Gasteiger partial charge is 0.257 e. The standard InChI is InChI=1S/C15H18FN3O2/c16-12-8-9(17)3-6-11(12)15(21)19-7-1-2-13(19)14(20)18-10-4-5-10/h3,6,8,10,13H,1-2,4-5,7,17H2,(H,18,20). The Labute approximate surface area is 122 Å². The summed E-state index contributed by atoms with van der Waals surface area (Å²) in [6, 6.07) is 3.76. The molecular weight excluding hydrogens is 273 g/mol. The molecule has 3 N–H and O–H groups in total. The number of hydrogen-bond donors (Lipinski definition) is 2. The van der Waals surface area contributed by atoms with E-state index in [1.807, 2.05) is 0 Å². The molecule has 5 nitrogen and oxygen atoms in total. The van der Waals surface area contributed by atoms with Gasteiger partial charge in [-0.25, -0.2) is 4.39 Å². The maximum absolute atomic E-state index is 13.9. The van der Waals surface area contributed by atoms with Crippen molar-refractivity contribution in [3.05, 3.63) is 29.6 Å². The van der Waals surface area contributed by atoms with Crippen LogP contribution < -0.4 is 11.1 Å². The number of nitrogens with two attached hydrogens (primary N) is 1. The number of amides is 2. The fourth-order valence-electron chi connectivity index (χ4n) is 2.67. The summed E-state index contributed by atoms with van der Waals surface area (Å²) in [6.07, 6.45) is 3.38. The van der Waals surface area contributed by atoms with Crippen molar-refractivity contribution in [2.75, 3.05) is 12.3 Å². The van der Waals surface area contributed by atoms with Crippen LogP contribution in [0.5, 0.6) is 0 Å². The van der Waals surface area contributed by atoms with E-state index >= 15 is 0 Å². The number of carbonyl (C=O) groups is 2. The van der Waals surface area contributed by atoms with E-state index in [1.54, 1.807) is 0 Å². The molecule has 0 aromatic heterocycles. The van der Waals surface area contributed by atoms with Crippen molar-refractivity contribution in [3.8, 4) is 0 Å². The molecule has 21 heavy (non-hydrogen) atoms. The van der Waals surface area contributed by atoms with Crippen molar-refractivity contribution in [1.82, 2.24) is 10.2 Å². The molecule has 2 fully saturated rings. The topological polar surface area (TPSA) is 75.4 Å². The zero-order valence-corrected chi connectivity index (χ0v) is 11.6. The summed E-state index contributed by atoms with van der Waals surface area (Å²) in [5.41, 5.74) is 5.73. The summed E-state index contributed by atoms with van der Waals surface area (Å²) in [5, 5.41) is 2.91. The van der Waals surface area contributed by atoms with Gasteiger partial charge in [-0.3, -0.25) is 9.59 Å². The number of hydrogen-bond acceptors (Lipinski definition) is 3. The summed E-state index contributed by atoms with van der Waals surface area (Å²) >= 11 is 0.